The maximum absolute atomic E-state index is 13.4. The number of methoxy groups -OCH3 is 1. The number of carbonyl (C=O) groups is 2. The van der Waals surface area contributed by atoms with Crippen LogP contribution in [0, 0.1) is 22.7 Å². The van der Waals surface area contributed by atoms with Crippen molar-refractivity contribution in [3.63, 3.8) is 0 Å². The topological polar surface area (TPSA) is 170 Å². The van der Waals surface area contributed by atoms with Crippen molar-refractivity contribution >= 4 is 17.8 Å². The molecule has 12 nitrogen and oxygen atoms in total. The molecule has 0 unspecified atom stereocenters. The van der Waals surface area contributed by atoms with Gasteiger partial charge >= 0.3 is 5.97 Å². The summed E-state index contributed by atoms with van der Waals surface area (Å²) in [4.78, 5) is 26.5. The van der Waals surface area contributed by atoms with E-state index in [2.05, 4.69) is 13.0 Å². The van der Waals surface area contributed by atoms with Crippen molar-refractivity contribution in [2.24, 2.45) is 22.7 Å². The first-order valence-electron chi connectivity index (χ1n) is 20.1. The zero-order valence-corrected chi connectivity index (χ0v) is 33.0. The number of Topliss-reactive ketones (excluding diaryl/α,β-unsaturated/α-hetero) is 1. The van der Waals surface area contributed by atoms with E-state index in [1.54, 1.807) is 13.0 Å². The lowest BCUT2D eigenvalue weighted by molar-refractivity contribution is -0.318. The van der Waals surface area contributed by atoms with Crippen LogP contribution in [0.1, 0.15) is 98.0 Å². The highest BCUT2D eigenvalue weighted by atomic mass is 16.7. The highest BCUT2D eigenvalue weighted by Crippen LogP contribution is 2.70. The molecule has 12 heteroatoms. The number of esters is 1. The molecule has 55 heavy (non-hydrogen) atoms. The number of aliphatic hydroxyl groups is 4. The molecule has 0 spiro atoms. The van der Waals surface area contributed by atoms with Gasteiger partial charge in [0.1, 0.15) is 35.3 Å². The number of ketones is 1. The molecule has 2 heterocycles. The van der Waals surface area contributed by atoms with Gasteiger partial charge < -0.3 is 48.8 Å². The Hall–Kier alpha value is -2.52. The summed E-state index contributed by atoms with van der Waals surface area (Å²) >= 11 is 0. The molecule has 4 aliphatic carbocycles. The van der Waals surface area contributed by atoms with Gasteiger partial charge in [-0.1, -0.05) is 55.8 Å². The second-order valence-electron chi connectivity index (χ2n) is 17.5. The normalized spacial score (nSPS) is 47.0. The molecule has 7 rings (SSSR count). The quantitative estimate of drug-likeness (QED) is 0.159. The smallest absolute Gasteiger partial charge is 0.331 e. The molecule has 5 fully saturated rings. The lowest BCUT2D eigenvalue weighted by Gasteiger charge is -2.66. The summed E-state index contributed by atoms with van der Waals surface area (Å²) in [5.41, 5.74) is -2.97. The Morgan fingerprint density at radius 2 is 1.64 bits per heavy atom. The maximum atomic E-state index is 13.4. The molecule has 3 saturated carbocycles. The van der Waals surface area contributed by atoms with Crippen LogP contribution < -0.4 is 0 Å². The van der Waals surface area contributed by atoms with Crippen LogP contribution in [0.25, 0.3) is 6.08 Å². The number of hydrogen-bond acceptors (Lipinski definition) is 12. The Morgan fingerprint density at radius 1 is 0.927 bits per heavy atom. The number of fused-ring (bicyclic) bond motifs is 5. The van der Waals surface area contributed by atoms with Gasteiger partial charge in [0.15, 0.2) is 12.6 Å². The molecule has 0 radical (unpaired) electrons. The Bertz CT molecular complexity index is 1620. The van der Waals surface area contributed by atoms with Gasteiger partial charge in [-0.2, -0.15) is 0 Å². The zero-order chi connectivity index (χ0) is 39.5. The number of rotatable bonds is 9. The molecule has 0 bridgehead atoms. The van der Waals surface area contributed by atoms with E-state index in [9.17, 15) is 30.0 Å². The van der Waals surface area contributed by atoms with Crippen molar-refractivity contribution < 1.29 is 58.4 Å². The molecule has 2 aliphatic heterocycles. The van der Waals surface area contributed by atoms with Crippen LogP contribution in [-0.2, 0) is 38.0 Å². The van der Waals surface area contributed by atoms with E-state index < -0.39 is 95.1 Å². The minimum atomic E-state index is -1.67. The van der Waals surface area contributed by atoms with Crippen LogP contribution in [-0.4, -0.2) is 112 Å². The van der Waals surface area contributed by atoms with Gasteiger partial charge in [-0.25, -0.2) is 4.79 Å². The molecule has 1 aromatic rings. The Balaban J connectivity index is 1.05. The fourth-order valence-electron chi connectivity index (χ4n) is 11.5. The molecular formula is C43H60O12. The summed E-state index contributed by atoms with van der Waals surface area (Å²) in [5.74, 6) is -1.67. The number of carbonyl (C=O) groups excluding carboxylic acids is 2. The van der Waals surface area contributed by atoms with Gasteiger partial charge in [0, 0.05) is 43.3 Å². The molecule has 6 aliphatic rings. The SMILES string of the molecule is CO[C@@H]1C[C@H](O[C@H]2[C@@H](O)C[C@H](O[C@H]3CC[C@@]4(C)C(=CC[C@]5(O)[C@@H]4C[C@@H](OC(=O)C=Cc4ccccc4)[C@]4(C)[C@H](C(C)=O)CC[C@@]45O)C3)O[C@@H]2C)O[C@H](C)[C@H]1O. The van der Waals surface area contributed by atoms with Gasteiger partial charge in [0.05, 0.1) is 30.5 Å². The third kappa shape index (κ3) is 6.97. The highest BCUT2D eigenvalue weighted by molar-refractivity contribution is 5.87. The molecule has 1 aromatic carbocycles. The summed E-state index contributed by atoms with van der Waals surface area (Å²) in [5, 5.41) is 47.1. The standard InChI is InChI=1S/C43H60O12/c1-24(44)30-16-19-43(49)41(30,5)34(54-35(46)13-12-27-10-8-7-9-11-27)23-33-40(4)17-15-29(20-28(40)14-18-42(33,43)48)53-36-21-31(45)39(26(3)52-36)55-37-22-32(50-6)38(47)25(2)51-37/h7-14,25-26,29-34,36-39,45,47-49H,15-23H2,1-6H3/t25-,26-,29+,30+,31+,32-,33-,34-,36+,37+,38-,39-,40+,41+,42+,43-/m1/s1. The van der Waals surface area contributed by atoms with E-state index in [0.717, 1.165) is 11.1 Å². The second-order valence-corrected chi connectivity index (χ2v) is 17.5. The maximum Gasteiger partial charge on any atom is 0.331 e. The van der Waals surface area contributed by atoms with Crippen molar-refractivity contribution in [1.29, 1.82) is 0 Å². The van der Waals surface area contributed by atoms with Gasteiger partial charge in [0.2, 0.25) is 0 Å². The highest BCUT2D eigenvalue weighted by Gasteiger charge is 2.77. The molecule has 0 aromatic heterocycles. The zero-order valence-electron chi connectivity index (χ0n) is 33.0. The summed E-state index contributed by atoms with van der Waals surface area (Å²) in [6.45, 7) is 9.07. The summed E-state index contributed by atoms with van der Waals surface area (Å²) in [6, 6.07) is 9.44. The van der Waals surface area contributed by atoms with Crippen LogP contribution in [0.2, 0.25) is 0 Å². The number of benzene rings is 1. The largest absolute Gasteiger partial charge is 0.458 e. The van der Waals surface area contributed by atoms with E-state index >= 15 is 0 Å². The summed E-state index contributed by atoms with van der Waals surface area (Å²) < 4.78 is 36.5. The van der Waals surface area contributed by atoms with E-state index in [-0.39, 0.29) is 31.1 Å². The van der Waals surface area contributed by atoms with Crippen molar-refractivity contribution in [1.82, 2.24) is 0 Å². The van der Waals surface area contributed by atoms with Gasteiger partial charge in [0.25, 0.3) is 0 Å². The summed E-state index contributed by atoms with van der Waals surface area (Å²) in [6.07, 6.45) is 2.61. The monoisotopic (exact) mass is 768 g/mol. The second kappa shape index (κ2) is 15.3. The fraction of sp³-hybridized carbons (Fsp3) is 0.721. The van der Waals surface area contributed by atoms with Crippen molar-refractivity contribution in [3.05, 3.63) is 53.6 Å². The van der Waals surface area contributed by atoms with Crippen LogP contribution in [0.3, 0.4) is 0 Å². The van der Waals surface area contributed by atoms with Crippen molar-refractivity contribution in [2.45, 2.75) is 165 Å². The first-order valence-corrected chi connectivity index (χ1v) is 20.1. The lowest BCUT2D eigenvalue weighted by atomic mass is 9.43. The van der Waals surface area contributed by atoms with Crippen molar-refractivity contribution in [2.75, 3.05) is 7.11 Å². The predicted molar refractivity (Wildman–Crippen MR) is 200 cm³/mol. The van der Waals surface area contributed by atoms with E-state index in [1.807, 2.05) is 44.2 Å². The average molecular weight is 769 g/mol. The van der Waals surface area contributed by atoms with E-state index in [1.165, 1.54) is 20.1 Å². The first-order chi connectivity index (χ1) is 26.0. The average Bonchev–Trinajstić information content (AvgIpc) is 3.44. The van der Waals surface area contributed by atoms with Crippen LogP contribution in [0.4, 0.5) is 0 Å². The van der Waals surface area contributed by atoms with Crippen molar-refractivity contribution in [3.8, 4) is 0 Å². The first kappa shape index (κ1) is 40.7. The lowest BCUT2D eigenvalue weighted by Crippen LogP contribution is -2.75. The van der Waals surface area contributed by atoms with E-state index in [0.29, 0.717) is 38.5 Å². The van der Waals surface area contributed by atoms with E-state index in [4.69, 9.17) is 28.4 Å². The minimum absolute atomic E-state index is 0.0870. The molecular weight excluding hydrogens is 708 g/mol. The Labute approximate surface area is 324 Å². The molecule has 4 N–H and O–H groups in total. The predicted octanol–water partition coefficient (Wildman–Crippen LogP) is 4.40. The molecule has 16 atom stereocenters. The fourth-order valence-corrected chi connectivity index (χ4v) is 11.5. The van der Waals surface area contributed by atoms with Gasteiger partial charge in [-0.05, 0) is 82.8 Å². The molecule has 304 valence electrons. The van der Waals surface area contributed by atoms with Crippen LogP contribution >= 0.6 is 0 Å². The Morgan fingerprint density at radius 3 is 2.33 bits per heavy atom. The van der Waals surface area contributed by atoms with Crippen LogP contribution in [0.5, 0.6) is 0 Å². The third-order valence-electron chi connectivity index (χ3n) is 14.6. The Kier molecular flexibility index (Phi) is 11.3. The van der Waals surface area contributed by atoms with Gasteiger partial charge in [-0.3, -0.25) is 4.79 Å². The number of aliphatic hydroxyl groups excluding tert-OH is 2. The number of ether oxygens (including phenoxy) is 6. The summed E-state index contributed by atoms with van der Waals surface area (Å²) in [7, 11) is 1.54. The molecule has 0 amide bonds. The molecule has 2 saturated heterocycles. The minimum Gasteiger partial charge on any atom is -0.458 e. The van der Waals surface area contributed by atoms with Crippen LogP contribution in [0.15, 0.2) is 48.1 Å². The number of hydrogen-bond donors (Lipinski definition) is 4. The van der Waals surface area contributed by atoms with Gasteiger partial charge in [-0.15, -0.1) is 0 Å². The third-order valence-corrected chi connectivity index (χ3v) is 14.6.